The lowest BCUT2D eigenvalue weighted by molar-refractivity contribution is -0.114. The van der Waals surface area contributed by atoms with Crippen LogP contribution < -0.4 is 4.72 Å². The Morgan fingerprint density at radius 1 is 1.09 bits per heavy atom. The number of halogens is 5. The molecule has 0 fully saturated rings. The van der Waals surface area contributed by atoms with E-state index in [2.05, 4.69) is 0 Å². The number of aromatic nitrogens is 1. The zero-order chi connectivity index (χ0) is 25.5. The van der Waals surface area contributed by atoms with Gasteiger partial charge in [0.2, 0.25) is 0 Å². The number of fused-ring (bicyclic) bond motifs is 1. The minimum absolute atomic E-state index is 0.0697. The van der Waals surface area contributed by atoms with Crippen LogP contribution in [0.25, 0.3) is 17.0 Å². The number of aryl methyl sites for hydroxylation is 1. The first-order valence-corrected chi connectivity index (χ1v) is 13.7. The quantitative estimate of drug-likeness (QED) is 0.239. The number of nitrogens with zero attached hydrogens (tertiary/aromatic N) is 1. The van der Waals surface area contributed by atoms with Gasteiger partial charge in [0.05, 0.1) is 20.6 Å². The highest BCUT2D eigenvalue weighted by atomic mass is 35.5. The third-order valence-corrected chi connectivity index (χ3v) is 9.46. The second kappa shape index (κ2) is 10.1. The number of carbonyl (C=O) groups excluding carboxylic acids is 1. The first-order chi connectivity index (χ1) is 16.4. The van der Waals surface area contributed by atoms with E-state index in [0.29, 0.717) is 33.1 Å². The summed E-state index contributed by atoms with van der Waals surface area (Å²) >= 11 is 24.5. The predicted octanol–water partition coefficient (Wildman–Crippen LogP) is 7.33. The average molecular weight is 592 g/mol. The molecule has 0 atom stereocenters. The van der Waals surface area contributed by atoms with Crippen LogP contribution in [0.4, 0.5) is 4.39 Å². The minimum Gasteiger partial charge on any atom is -0.342 e. The number of benzene rings is 2. The maximum absolute atomic E-state index is 14.4. The second-order valence-electron chi connectivity index (χ2n) is 7.57. The molecule has 2 heterocycles. The second-order valence-corrected chi connectivity index (χ2v) is 12.4. The Labute approximate surface area is 224 Å². The molecule has 5 nitrogen and oxygen atoms in total. The summed E-state index contributed by atoms with van der Waals surface area (Å²) < 4.78 is 43.0. The van der Waals surface area contributed by atoms with Crippen LogP contribution in [0.1, 0.15) is 16.7 Å². The number of sulfonamides is 1. The van der Waals surface area contributed by atoms with E-state index in [0.717, 1.165) is 34.6 Å². The van der Waals surface area contributed by atoms with E-state index in [1.54, 1.807) is 12.1 Å². The molecule has 0 unspecified atom stereocenters. The average Bonchev–Trinajstić information content (AvgIpc) is 3.28. The number of hydrogen-bond donors (Lipinski definition) is 1. The lowest BCUT2D eigenvalue weighted by Crippen LogP contribution is -2.28. The lowest BCUT2D eigenvalue weighted by atomic mass is 10.1. The van der Waals surface area contributed by atoms with Crippen LogP contribution in [0, 0.1) is 12.7 Å². The minimum atomic E-state index is -4.17. The molecule has 4 aromatic rings. The van der Waals surface area contributed by atoms with E-state index < -0.39 is 21.7 Å². The Hall–Kier alpha value is -2.07. The molecule has 182 valence electrons. The molecule has 12 heteroatoms. The molecule has 0 aliphatic carbocycles. The van der Waals surface area contributed by atoms with Crippen LogP contribution in [0.3, 0.4) is 0 Å². The molecular formula is C23H15Cl4FN2O3S2. The lowest BCUT2D eigenvalue weighted by Gasteiger charge is -2.09. The van der Waals surface area contributed by atoms with Gasteiger partial charge in [0.15, 0.2) is 0 Å². The van der Waals surface area contributed by atoms with Crippen molar-refractivity contribution in [1.29, 1.82) is 0 Å². The molecule has 4 rings (SSSR count). The van der Waals surface area contributed by atoms with Gasteiger partial charge in [-0.2, -0.15) is 0 Å². The molecule has 35 heavy (non-hydrogen) atoms. The van der Waals surface area contributed by atoms with Crippen molar-refractivity contribution in [3.05, 3.63) is 90.6 Å². The Morgan fingerprint density at radius 2 is 1.83 bits per heavy atom. The van der Waals surface area contributed by atoms with Gasteiger partial charge in [-0.1, -0.05) is 52.5 Å². The van der Waals surface area contributed by atoms with Crippen LogP contribution in [-0.2, 0) is 21.4 Å². The molecular weight excluding hydrogens is 577 g/mol. The highest BCUT2D eigenvalue weighted by Gasteiger charge is 2.21. The summed E-state index contributed by atoms with van der Waals surface area (Å²) in [6.45, 7) is 2.26. The SMILES string of the molecule is Cc1cn(Cc2ccc(Cl)c(Cl)c2)c2c(/C=C/C(=O)NS(=O)(=O)c3cc(Cl)c(Cl)s3)cc(F)cc12. The highest BCUT2D eigenvalue weighted by Crippen LogP contribution is 2.34. The third-order valence-electron chi connectivity index (χ3n) is 5.04. The maximum Gasteiger partial charge on any atom is 0.273 e. The summed E-state index contributed by atoms with van der Waals surface area (Å²) in [6.07, 6.45) is 4.24. The number of hydrogen-bond acceptors (Lipinski definition) is 4. The predicted molar refractivity (Wildman–Crippen MR) is 141 cm³/mol. The van der Waals surface area contributed by atoms with E-state index in [9.17, 15) is 17.6 Å². The van der Waals surface area contributed by atoms with Crippen LogP contribution in [0.2, 0.25) is 19.4 Å². The molecule has 1 amide bonds. The molecule has 0 radical (unpaired) electrons. The molecule has 0 saturated carbocycles. The molecule has 2 aromatic carbocycles. The zero-order valence-electron chi connectivity index (χ0n) is 17.8. The van der Waals surface area contributed by atoms with Crippen molar-refractivity contribution >= 4 is 90.6 Å². The Kier molecular flexibility index (Phi) is 7.52. The van der Waals surface area contributed by atoms with Crippen LogP contribution in [0.5, 0.6) is 0 Å². The van der Waals surface area contributed by atoms with Crippen molar-refractivity contribution in [2.75, 3.05) is 0 Å². The first kappa shape index (κ1) is 26.0. The fourth-order valence-electron chi connectivity index (χ4n) is 3.54. The van der Waals surface area contributed by atoms with Crippen LogP contribution >= 0.6 is 57.7 Å². The van der Waals surface area contributed by atoms with E-state index in [1.165, 1.54) is 18.2 Å². The van der Waals surface area contributed by atoms with Crippen molar-refractivity contribution in [2.45, 2.75) is 17.7 Å². The van der Waals surface area contributed by atoms with E-state index in [-0.39, 0.29) is 13.6 Å². The summed E-state index contributed by atoms with van der Waals surface area (Å²) in [5.74, 6) is -1.41. The van der Waals surface area contributed by atoms with Crippen molar-refractivity contribution in [1.82, 2.24) is 9.29 Å². The Bertz CT molecular complexity index is 1590. The van der Waals surface area contributed by atoms with Gasteiger partial charge in [-0.15, -0.1) is 11.3 Å². The fourth-order valence-corrected chi connectivity index (χ4v) is 6.68. The number of nitrogens with one attached hydrogen (secondary N) is 1. The molecule has 2 aromatic heterocycles. The van der Waals surface area contributed by atoms with Gasteiger partial charge in [0.1, 0.15) is 14.4 Å². The standard InChI is InChI=1S/C23H15Cl4FN2O3S2/c1-12-10-30(11-13-2-4-17(24)18(25)6-13)22-14(7-15(28)8-16(12)22)3-5-20(31)29-35(32,33)21-9-19(26)23(27)34-21/h2-10H,11H2,1H3,(H,29,31)/b5-3+. The summed E-state index contributed by atoms with van der Waals surface area (Å²) in [6, 6.07) is 9.09. The topological polar surface area (TPSA) is 68.2 Å². The van der Waals surface area contributed by atoms with Crippen molar-refractivity contribution in [2.24, 2.45) is 0 Å². The van der Waals surface area contributed by atoms with Gasteiger partial charge in [-0.25, -0.2) is 17.5 Å². The van der Waals surface area contributed by atoms with Gasteiger partial charge in [0, 0.05) is 29.8 Å². The van der Waals surface area contributed by atoms with Crippen molar-refractivity contribution < 1.29 is 17.6 Å². The number of carbonyl (C=O) groups is 1. The van der Waals surface area contributed by atoms with Gasteiger partial charge >= 0.3 is 0 Å². The van der Waals surface area contributed by atoms with Crippen LogP contribution in [-0.4, -0.2) is 18.9 Å². The largest absolute Gasteiger partial charge is 0.342 e. The normalized spacial score (nSPS) is 12.1. The summed E-state index contributed by atoms with van der Waals surface area (Å²) in [7, 11) is -4.17. The summed E-state index contributed by atoms with van der Waals surface area (Å²) in [4.78, 5) is 12.4. The van der Waals surface area contributed by atoms with Gasteiger partial charge < -0.3 is 4.57 Å². The Balaban J connectivity index is 1.66. The summed E-state index contributed by atoms with van der Waals surface area (Å²) in [5, 5.41) is 1.57. The maximum atomic E-state index is 14.4. The van der Waals surface area contributed by atoms with Crippen LogP contribution in [0.15, 0.2) is 52.9 Å². The van der Waals surface area contributed by atoms with Crippen molar-refractivity contribution in [3.8, 4) is 0 Å². The van der Waals surface area contributed by atoms with Gasteiger partial charge in [-0.05, 0) is 54.5 Å². The van der Waals surface area contributed by atoms with E-state index in [4.69, 9.17) is 46.4 Å². The molecule has 0 aliphatic heterocycles. The molecule has 1 N–H and O–H groups in total. The fraction of sp³-hybridized carbons (Fsp3) is 0.0870. The summed E-state index contributed by atoms with van der Waals surface area (Å²) in [5.41, 5.74) is 2.75. The Morgan fingerprint density at radius 3 is 2.49 bits per heavy atom. The zero-order valence-corrected chi connectivity index (χ0v) is 22.4. The van der Waals surface area contributed by atoms with E-state index in [1.807, 2.05) is 28.5 Å². The van der Waals surface area contributed by atoms with Crippen molar-refractivity contribution in [3.63, 3.8) is 0 Å². The molecule has 0 spiro atoms. The number of amides is 1. The number of thiophene rings is 1. The van der Waals surface area contributed by atoms with Gasteiger partial charge in [-0.3, -0.25) is 4.79 Å². The highest BCUT2D eigenvalue weighted by molar-refractivity contribution is 7.92. The number of rotatable bonds is 6. The smallest absolute Gasteiger partial charge is 0.273 e. The van der Waals surface area contributed by atoms with Gasteiger partial charge in [0.25, 0.3) is 15.9 Å². The third kappa shape index (κ3) is 5.69. The molecule has 0 bridgehead atoms. The first-order valence-electron chi connectivity index (χ1n) is 9.87. The molecule has 0 aliphatic rings. The molecule has 0 saturated heterocycles. The monoisotopic (exact) mass is 590 g/mol. The van der Waals surface area contributed by atoms with E-state index >= 15 is 0 Å².